The van der Waals surface area contributed by atoms with E-state index < -0.39 is 118 Å². The number of pyridine rings is 5. The second-order valence-electron chi connectivity index (χ2n) is 28.4. The van der Waals surface area contributed by atoms with E-state index in [1.165, 1.54) is 11.1 Å². The van der Waals surface area contributed by atoms with Crippen molar-refractivity contribution in [1.82, 2.24) is 83.5 Å². The summed E-state index contributed by atoms with van der Waals surface area (Å²) in [5.74, 6) is -7.58. The monoisotopic (exact) mass is 2130 g/mol. The molecule has 10 aromatic heterocycles. The summed E-state index contributed by atoms with van der Waals surface area (Å²) >= 11 is 21.6. The number of alkyl halides is 15. The fraction of sp³-hybridized carbons (Fsp3) is 0.222. The highest BCUT2D eigenvalue weighted by Crippen LogP contribution is 2.37. The van der Waals surface area contributed by atoms with Gasteiger partial charge >= 0.3 is 48.8 Å². The second-order valence-corrected chi connectivity index (χ2v) is 33.5. The molecule has 3 atom stereocenters. The summed E-state index contributed by atoms with van der Waals surface area (Å²) in [6.45, 7) is 3.76. The molecule has 0 saturated carbocycles. The van der Waals surface area contributed by atoms with Crippen LogP contribution in [0, 0.1) is 0 Å². The molecule has 60 heteroatoms. The number of anilines is 5. The van der Waals surface area contributed by atoms with Gasteiger partial charge in [0, 0.05) is 147 Å². The molecule has 37 nitrogen and oxygen atoms in total. The molecule has 10 heterocycles. The zero-order valence-electron chi connectivity index (χ0n) is 70.8. The Morgan fingerprint density at radius 2 is 0.667 bits per heavy atom. The van der Waals surface area contributed by atoms with E-state index in [1.54, 1.807) is 26.0 Å². The molecule has 3 aromatic carbocycles. The summed E-state index contributed by atoms with van der Waals surface area (Å²) in [5.41, 5.74) is 10.7. The van der Waals surface area contributed by atoms with Crippen LogP contribution in [0.3, 0.4) is 0 Å². The standard InChI is InChI=1S/2C19H13ClF3N5O2S.C12H9F3N4O3S.C10H5F3N4O3S.C9H10ClN.C7H4F3NO2.C5H7N3O2S/c2*20-13-2-1-9-5-14(6-10(9)4-13)25-17(30)15-18(31-28-27-15)26-16(29)11-3-12(8-24-7-11)19(21,22)23;1-2-22-11(21)8-10(23-19-18-8)17-9(20)6-3-7(5-16-4-6)12(13,14)15;11-10(12,13)5-1-4(2-14-3-5)7(18)15-8-6(9(19)20)16-17-21-8;10-8-2-1-6-4-9(11)5-7(6)3-8;8-7(9,10)5-1-6(13-4-12)3-11-2-5;1-2-10-5(9)3-4(6)11-8-7-3/h2*1-4,7-8,14H,5-6H2,(H,25,30)(H,26,29);3-5H,2H2,1H3,(H,17,20);1-3H,(H,15,18)(H,19,20);1-3,9H,4-5,11H2;1-4H;2,6H2,1H3/t2*14-;;;;;/m10...../s1. The van der Waals surface area contributed by atoms with Crippen molar-refractivity contribution in [3.63, 3.8) is 0 Å². The van der Waals surface area contributed by atoms with Crippen molar-refractivity contribution in [2.45, 2.75) is 101 Å². The van der Waals surface area contributed by atoms with Gasteiger partial charge in [-0.3, -0.25) is 58.5 Å². The Kier molecular flexibility index (Phi) is 37.2. The van der Waals surface area contributed by atoms with E-state index in [1.807, 2.05) is 36.4 Å². The molecule has 141 heavy (non-hydrogen) atoms. The molecular formula is C81H61Cl3F15N23O14S5. The van der Waals surface area contributed by atoms with Gasteiger partial charge in [0.2, 0.25) is 17.1 Å². The van der Waals surface area contributed by atoms with Gasteiger partial charge in [0.15, 0.2) is 21.4 Å². The smallest absolute Gasteiger partial charge is 0.418 e. The molecule has 0 fully saturated rings. The van der Waals surface area contributed by atoms with Crippen molar-refractivity contribution >= 4 is 177 Å². The van der Waals surface area contributed by atoms with Crippen LogP contribution in [0.15, 0.2) is 147 Å². The molecular weight excluding hydrogens is 2070 g/mol. The van der Waals surface area contributed by atoms with E-state index in [0.717, 1.165) is 106 Å². The van der Waals surface area contributed by atoms with Crippen LogP contribution in [0.1, 0.15) is 169 Å². The molecule has 16 rings (SSSR count). The predicted molar refractivity (Wildman–Crippen MR) is 475 cm³/mol. The average Bonchev–Trinajstić information content (AvgIpc) is 1.55. The van der Waals surface area contributed by atoms with Crippen molar-refractivity contribution in [3.8, 4) is 5.75 Å². The summed E-state index contributed by atoms with van der Waals surface area (Å²) in [4.78, 5) is 134. The molecule has 0 bridgehead atoms. The quantitative estimate of drug-likeness (QED) is 0.0206. The number of esters is 2. The number of nitrogens with two attached hydrogens (primary N) is 2. The van der Waals surface area contributed by atoms with Crippen LogP contribution in [0.2, 0.25) is 15.1 Å². The van der Waals surface area contributed by atoms with E-state index >= 15 is 0 Å². The summed E-state index contributed by atoms with van der Waals surface area (Å²) in [6.07, 6.45) is -10.6. The third-order valence-electron chi connectivity index (χ3n) is 18.5. The first-order valence-corrected chi connectivity index (χ1v) is 44.2. The first-order valence-electron chi connectivity index (χ1n) is 39.2. The number of halogens is 18. The van der Waals surface area contributed by atoms with Crippen molar-refractivity contribution < 1.29 is 133 Å². The number of hydrogen-bond donors (Lipinski definition) is 9. The zero-order chi connectivity index (χ0) is 103. The first kappa shape index (κ1) is 109. The number of benzene rings is 3. The Labute approximate surface area is 816 Å². The van der Waals surface area contributed by atoms with Gasteiger partial charge in [-0.05, 0) is 152 Å². The average molecular weight is 2130 g/mol. The number of aromatic carboxylic acids is 1. The molecule has 0 spiro atoms. The number of carboxylic acids is 1. The number of carboxylic acid groups (broad SMARTS) is 1. The maximum Gasteiger partial charge on any atom is 0.418 e. The molecule has 6 amide bonds. The summed E-state index contributed by atoms with van der Waals surface area (Å²) in [6, 6.07) is 20.4. The third kappa shape index (κ3) is 31.2. The van der Waals surface area contributed by atoms with E-state index in [9.17, 15) is 114 Å². The molecule has 0 radical (unpaired) electrons. The number of aromatic nitrogens is 15. The Morgan fingerprint density at radius 1 is 0.383 bits per heavy atom. The van der Waals surface area contributed by atoms with Gasteiger partial charge in [0.1, 0.15) is 20.8 Å². The van der Waals surface area contributed by atoms with Crippen molar-refractivity contribution in [2.24, 2.45) is 5.73 Å². The van der Waals surface area contributed by atoms with Gasteiger partial charge in [-0.1, -0.05) is 75.4 Å². The van der Waals surface area contributed by atoms with Gasteiger partial charge < -0.3 is 62.7 Å². The lowest BCUT2D eigenvalue weighted by Crippen LogP contribution is -2.36. The Morgan fingerprint density at radius 3 is 1.00 bits per heavy atom. The van der Waals surface area contributed by atoms with Gasteiger partial charge in [-0.25, -0.2) is 14.4 Å². The molecule has 0 saturated heterocycles. The van der Waals surface area contributed by atoms with E-state index in [4.69, 9.17) is 56.1 Å². The number of ether oxygens (including phenoxy) is 3. The lowest BCUT2D eigenvalue weighted by molar-refractivity contribution is -0.138. The largest absolute Gasteiger partial charge is 0.476 e. The SMILES string of the molecule is CCOC(=O)c1nnsc1N.CCOC(=O)c1nnsc1NC(=O)c1cncc(C(F)(F)F)c1.NC1Cc2ccc(Cl)cc2C1.O=C(Nc1snnc1C(=O)N[C@@H]1Cc2ccc(Cl)cc2C1)c1cncc(C(F)(F)F)c1.O=C(Nc1snnc1C(=O)N[C@H]1Cc2ccc(Cl)cc2C1)c1cncc(C(F)(F)F)c1.O=C(Nc1snnc1C(=O)O)c1cncc(C(F)(F)F)c1.O=COc1cncc(C(F)(F)F)c1. The van der Waals surface area contributed by atoms with Crippen LogP contribution < -0.4 is 48.1 Å². The Balaban J connectivity index is 0.000000175. The van der Waals surface area contributed by atoms with Gasteiger partial charge in [-0.15, -0.1) is 25.5 Å². The van der Waals surface area contributed by atoms with E-state index in [2.05, 4.69) is 120 Å². The molecule has 1 unspecified atom stereocenters. The Bertz CT molecular complexity index is 6540. The highest BCUT2D eigenvalue weighted by molar-refractivity contribution is 7.11. The van der Waals surface area contributed by atoms with Crippen LogP contribution in [-0.2, 0) is 83.7 Å². The minimum absolute atomic E-state index is 0.0224. The number of carbonyl (C=O) groups is 10. The lowest BCUT2D eigenvalue weighted by Gasteiger charge is -2.12. The van der Waals surface area contributed by atoms with E-state index in [-0.39, 0.29) is 95.9 Å². The first-order chi connectivity index (χ1) is 66.6. The van der Waals surface area contributed by atoms with Crippen molar-refractivity contribution in [1.29, 1.82) is 0 Å². The number of nitrogens with one attached hydrogen (secondary N) is 6. The fourth-order valence-corrected chi connectivity index (χ4v) is 15.4. The Hall–Kier alpha value is -14.5. The lowest BCUT2D eigenvalue weighted by atomic mass is 10.1. The fourth-order valence-electron chi connectivity index (χ4n) is 12.2. The van der Waals surface area contributed by atoms with Crippen LogP contribution in [0.25, 0.3) is 0 Å². The van der Waals surface area contributed by atoms with Crippen LogP contribution >= 0.6 is 92.5 Å². The van der Waals surface area contributed by atoms with Crippen molar-refractivity contribution in [2.75, 3.05) is 40.2 Å². The normalized spacial score (nSPS) is 13.7. The van der Waals surface area contributed by atoms with Crippen molar-refractivity contribution in [3.05, 3.63) is 274 Å². The predicted octanol–water partition coefficient (Wildman–Crippen LogP) is 15.5. The molecule has 3 aliphatic carbocycles. The molecule has 11 N–H and O–H groups in total. The van der Waals surface area contributed by atoms with Crippen LogP contribution in [0.5, 0.6) is 5.75 Å². The summed E-state index contributed by atoms with van der Waals surface area (Å²) in [7, 11) is 0. The number of carbonyl (C=O) groups excluding carboxylic acids is 9. The number of rotatable bonds is 19. The minimum atomic E-state index is -4.64. The number of nitrogens with zero attached hydrogens (tertiary/aromatic N) is 15. The second kappa shape index (κ2) is 48.4. The summed E-state index contributed by atoms with van der Waals surface area (Å²) in [5, 5.41) is 43.6. The highest BCUT2D eigenvalue weighted by Gasteiger charge is 2.38. The third-order valence-corrected chi connectivity index (χ3v) is 22.3. The maximum atomic E-state index is 12.8. The molecule has 3 aliphatic rings. The topological polar surface area (TPSA) is 536 Å². The highest BCUT2D eigenvalue weighted by atomic mass is 35.5. The number of nitrogen functional groups attached to an aromatic ring is 1. The summed E-state index contributed by atoms with van der Waals surface area (Å²) < 4.78 is 220. The van der Waals surface area contributed by atoms with E-state index in [0.29, 0.717) is 138 Å². The van der Waals surface area contributed by atoms with Crippen LogP contribution in [-0.4, -0.2) is 169 Å². The van der Waals surface area contributed by atoms with Gasteiger partial charge in [0.05, 0.1) is 69.5 Å². The molecule has 0 aliphatic heterocycles. The van der Waals surface area contributed by atoms with Gasteiger partial charge in [0.25, 0.3) is 41.9 Å². The number of fused-ring (bicyclic) bond motifs is 3. The minimum Gasteiger partial charge on any atom is -0.476 e. The number of amides is 6. The zero-order valence-corrected chi connectivity index (χ0v) is 77.1. The maximum absolute atomic E-state index is 12.8. The number of hydrogen-bond acceptors (Lipinski definition) is 35. The van der Waals surface area contributed by atoms with Gasteiger partial charge in [-0.2, -0.15) is 65.9 Å². The van der Waals surface area contributed by atoms with Crippen LogP contribution in [0.4, 0.5) is 90.9 Å². The molecule has 13 aromatic rings. The molecule has 740 valence electrons.